The van der Waals surface area contributed by atoms with Gasteiger partial charge in [0, 0.05) is 31.1 Å². The first-order chi connectivity index (χ1) is 18.3. The predicted octanol–water partition coefficient (Wildman–Crippen LogP) is 4.33. The van der Waals surface area contributed by atoms with Gasteiger partial charge >= 0.3 is 17.9 Å². The minimum absolute atomic E-state index is 0.257. The van der Waals surface area contributed by atoms with E-state index >= 15 is 0 Å². The molecule has 0 aliphatic rings. The number of unbranched alkanes of at least 4 members (excludes halogenated alkanes) is 4. The van der Waals surface area contributed by atoms with Crippen molar-refractivity contribution in [1.29, 1.82) is 0 Å². The summed E-state index contributed by atoms with van der Waals surface area (Å²) in [6.45, 7) is 18.4. The lowest BCUT2D eigenvalue weighted by atomic mass is 9.89. The van der Waals surface area contributed by atoms with E-state index in [-0.39, 0.29) is 19.3 Å². The lowest BCUT2D eigenvalue weighted by Gasteiger charge is -2.31. The molecule has 0 fully saturated rings. The SMILES string of the molecule is C=CC(=O)OC(CC)C(O)CC(OC(=O)C=C)C(O)CC(OC(=O)C=C)C(O)CCCCCCCC(C)(C)C. The number of ether oxygens (including phenoxy) is 3. The smallest absolute Gasteiger partial charge is 0.330 e. The molecule has 224 valence electrons. The topological polar surface area (TPSA) is 140 Å². The van der Waals surface area contributed by atoms with Crippen molar-refractivity contribution in [3.05, 3.63) is 38.0 Å². The zero-order chi connectivity index (χ0) is 30.0. The van der Waals surface area contributed by atoms with Crippen molar-refractivity contribution in [2.75, 3.05) is 0 Å². The molecule has 0 aromatic rings. The van der Waals surface area contributed by atoms with Gasteiger partial charge in [-0.05, 0) is 24.7 Å². The van der Waals surface area contributed by atoms with E-state index in [1.165, 1.54) is 0 Å². The maximum atomic E-state index is 11.9. The Morgan fingerprint density at radius 1 is 0.667 bits per heavy atom. The Balaban J connectivity index is 5.30. The average molecular weight is 555 g/mol. The molecule has 9 nitrogen and oxygen atoms in total. The van der Waals surface area contributed by atoms with Crippen LogP contribution in [0.4, 0.5) is 0 Å². The van der Waals surface area contributed by atoms with Crippen molar-refractivity contribution in [3.8, 4) is 0 Å². The molecule has 6 unspecified atom stereocenters. The maximum Gasteiger partial charge on any atom is 0.330 e. The van der Waals surface area contributed by atoms with Crippen LogP contribution in [0, 0.1) is 5.41 Å². The first-order valence-electron chi connectivity index (χ1n) is 13.8. The van der Waals surface area contributed by atoms with Crippen molar-refractivity contribution < 1.29 is 43.9 Å². The van der Waals surface area contributed by atoms with Crippen molar-refractivity contribution in [3.63, 3.8) is 0 Å². The molecule has 6 atom stereocenters. The van der Waals surface area contributed by atoms with Gasteiger partial charge in [-0.15, -0.1) is 0 Å². The number of hydrogen-bond acceptors (Lipinski definition) is 9. The Labute approximate surface area is 233 Å². The van der Waals surface area contributed by atoms with E-state index in [0.717, 1.165) is 50.3 Å². The van der Waals surface area contributed by atoms with Crippen molar-refractivity contribution in [2.45, 2.75) is 129 Å². The molecule has 0 saturated carbocycles. The summed E-state index contributed by atoms with van der Waals surface area (Å²) in [4.78, 5) is 35.5. The highest BCUT2D eigenvalue weighted by Crippen LogP contribution is 2.24. The highest BCUT2D eigenvalue weighted by molar-refractivity contribution is 5.82. The van der Waals surface area contributed by atoms with Gasteiger partial charge in [-0.25, -0.2) is 14.4 Å². The van der Waals surface area contributed by atoms with E-state index in [1.807, 2.05) is 0 Å². The summed E-state index contributed by atoms with van der Waals surface area (Å²) in [5, 5.41) is 32.4. The molecule has 0 radical (unpaired) electrons. The van der Waals surface area contributed by atoms with Crippen molar-refractivity contribution in [1.82, 2.24) is 0 Å². The summed E-state index contributed by atoms with van der Waals surface area (Å²) in [6, 6.07) is 0. The second-order valence-electron chi connectivity index (χ2n) is 11.0. The molecule has 0 amide bonds. The summed E-state index contributed by atoms with van der Waals surface area (Å²) < 4.78 is 15.7. The van der Waals surface area contributed by atoms with Gasteiger partial charge in [-0.3, -0.25) is 0 Å². The second-order valence-corrected chi connectivity index (χ2v) is 11.0. The van der Waals surface area contributed by atoms with Gasteiger partial charge in [0.15, 0.2) is 0 Å². The van der Waals surface area contributed by atoms with Gasteiger partial charge in [0.2, 0.25) is 0 Å². The summed E-state index contributed by atoms with van der Waals surface area (Å²) >= 11 is 0. The Morgan fingerprint density at radius 3 is 1.49 bits per heavy atom. The largest absolute Gasteiger partial charge is 0.456 e. The summed E-state index contributed by atoms with van der Waals surface area (Å²) in [6.07, 6.45) is 1.82. The molecule has 39 heavy (non-hydrogen) atoms. The maximum absolute atomic E-state index is 11.9. The van der Waals surface area contributed by atoms with Crippen LogP contribution in [0.15, 0.2) is 38.0 Å². The zero-order valence-electron chi connectivity index (χ0n) is 24.2. The summed E-state index contributed by atoms with van der Waals surface area (Å²) in [5.74, 6) is -2.33. The van der Waals surface area contributed by atoms with E-state index in [0.29, 0.717) is 18.3 Å². The van der Waals surface area contributed by atoms with Gasteiger partial charge in [-0.1, -0.05) is 79.5 Å². The average Bonchev–Trinajstić information content (AvgIpc) is 2.88. The third kappa shape index (κ3) is 16.9. The third-order valence-corrected chi connectivity index (χ3v) is 6.37. The van der Waals surface area contributed by atoms with Crippen molar-refractivity contribution >= 4 is 17.9 Å². The van der Waals surface area contributed by atoms with E-state index in [4.69, 9.17) is 14.2 Å². The molecule has 0 aliphatic heterocycles. The van der Waals surface area contributed by atoms with E-state index < -0.39 is 54.5 Å². The monoisotopic (exact) mass is 554 g/mol. The normalized spacial score (nSPS) is 16.1. The Bertz CT molecular complexity index is 771. The molecule has 0 aromatic heterocycles. The van der Waals surface area contributed by atoms with Crippen LogP contribution in [0.1, 0.15) is 91.9 Å². The van der Waals surface area contributed by atoms with Crippen LogP contribution in [-0.2, 0) is 28.6 Å². The molecular formula is C30H50O9. The Morgan fingerprint density at radius 2 is 1.05 bits per heavy atom. The highest BCUT2D eigenvalue weighted by atomic mass is 16.6. The fourth-order valence-corrected chi connectivity index (χ4v) is 4.10. The fourth-order valence-electron chi connectivity index (χ4n) is 4.10. The summed E-state index contributed by atoms with van der Waals surface area (Å²) in [7, 11) is 0. The van der Waals surface area contributed by atoms with Gasteiger partial charge in [0.1, 0.15) is 18.3 Å². The van der Waals surface area contributed by atoms with E-state index in [1.54, 1.807) is 6.92 Å². The molecule has 0 bridgehead atoms. The Kier molecular flexibility index (Phi) is 18.3. The van der Waals surface area contributed by atoms with Crippen LogP contribution in [0.5, 0.6) is 0 Å². The molecule has 0 saturated heterocycles. The first kappa shape index (κ1) is 36.5. The van der Waals surface area contributed by atoms with Crippen molar-refractivity contribution in [2.24, 2.45) is 5.41 Å². The molecule has 9 heteroatoms. The number of esters is 3. The number of carbonyl (C=O) groups is 3. The van der Waals surface area contributed by atoms with Gasteiger partial charge in [-0.2, -0.15) is 0 Å². The second kappa shape index (κ2) is 19.6. The number of aliphatic hydroxyl groups is 3. The van der Waals surface area contributed by atoms with Gasteiger partial charge < -0.3 is 29.5 Å². The number of aliphatic hydroxyl groups excluding tert-OH is 3. The van der Waals surface area contributed by atoms with Crippen LogP contribution in [0.2, 0.25) is 0 Å². The standard InChI is InChI=1S/C30H50O9/c1-8-24(37-27(34)9-2)22(32)19-26(39-29(36)11-4)23(33)20-25(38-28(35)10-3)21(31)17-15-13-12-14-16-18-30(5,6)7/h9-11,21-26,31-33H,2-4,8,12-20H2,1,5-7H3. The van der Waals surface area contributed by atoms with Crippen LogP contribution < -0.4 is 0 Å². The molecular weight excluding hydrogens is 504 g/mol. The lowest BCUT2D eigenvalue weighted by molar-refractivity contribution is -0.164. The lowest BCUT2D eigenvalue weighted by Crippen LogP contribution is -2.43. The fraction of sp³-hybridized carbons (Fsp3) is 0.700. The van der Waals surface area contributed by atoms with Crippen LogP contribution in [0.3, 0.4) is 0 Å². The zero-order valence-corrected chi connectivity index (χ0v) is 24.2. The van der Waals surface area contributed by atoms with E-state index in [2.05, 4.69) is 40.5 Å². The number of rotatable bonds is 21. The van der Waals surface area contributed by atoms with Crippen LogP contribution in [0.25, 0.3) is 0 Å². The molecule has 0 aliphatic carbocycles. The van der Waals surface area contributed by atoms with Crippen LogP contribution in [-0.4, -0.2) is 69.9 Å². The van der Waals surface area contributed by atoms with E-state index in [9.17, 15) is 29.7 Å². The molecule has 3 N–H and O–H groups in total. The summed E-state index contributed by atoms with van der Waals surface area (Å²) in [5.41, 5.74) is 0.306. The number of carbonyl (C=O) groups excluding carboxylic acids is 3. The quantitative estimate of drug-likeness (QED) is 0.0818. The Hall–Kier alpha value is -2.49. The third-order valence-electron chi connectivity index (χ3n) is 6.37. The minimum atomic E-state index is -1.43. The minimum Gasteiger partial charge on any atom is -0.456 e. The first-order valence-corrected chi connectivity index (χ1v) is 13.8. The molecule has 0 heterocycles. The predicted molar refractivity (Wildman–Crippen MR) is 150 cm³/mol. The van der Waals surface area contributed by atoms with Gasteiger partial charge in [0.25, 0.3) is 0 Å². The number of hydrogen-bond donors (Lipinski definition) is 3. The highest BCUT2D eigenvalue weighted by Gasteiger charge is 2.34. The molecule has 0 aromatic carbocycles. The molecule has 0 spiro atoms. The van der Waals surface area contributed by atoms with Gasteiger partial charge in [0.05, 0.1) is 18.3 Å². The van der Waals surface area contributed by atoms with Crippen LogP contribution >= 0.6 is 0 Å². The molecule has 0 rings (SSSR count).